The summed E-state index contributed by atoms with van der Waals surface area (Å²) in [5.41, 5.74) is 1.29. The highest BCUT2D eigenvalue weighted by Gasteiger charge is 2.21. The van der Waals surface area contributed by atoms with Crippen LogP contribution in [-0.2, 0) is 11.3 Å². The van der Waals surface area contributed by atoms with Crippen molar-refractivity contribution in [2.75, 3.05) is 46.4 Å². The van der Waals surface area contributed by atoms with Crippen molar-refractivity contribution in [3.8, 4) is 5.75 Å². The third kappa shape index (κ3) is 4.82. The molecule has 1 aromatic carbocycles. The smallest absolute Gasteiger partial charge is 0.169 e. The van der Waals surface area contributed by atoms with Gasteiger partial charge in [0.25, 0.3) is 0 Å². The van der Waals surface area contributed by atoms with E-state index in [0.717, 1.165) is 63.2 Å². The summed E-state index contributed by atoms with van der Waals surface area (Å²) in [5, 5.41) is 4.24. The van der Waals surface area contributed by atoms with Gasteiger partial charge in [0, 0.05) is 45.9 Å². The zero-order chi connectivity index (χ0) is 16.8. The molecule has 0 radical (unpaired) electrons. The van der Waals surface area contributed by atoms with Gasteiger partial charge >= 0.3 is 0 Å². The zero-order valence-corrected chi connectivity index (χ0v) is 15.2. The van der Waals surface area contributed by atoms with Gasteiger partial charge in [0.1, 0.15) is 5.75 Å². The molecule has 0 amide bonds. The Balaban J connectivity index is 1.40. The molecule has 2 saturated heterocycles. The molecule has 3 rings (SSSR count). The molecular weight excluding hydrogens is 322 g/mol. The Bertz CT molecular complexity index is 541. The summed E-state index contributed by atoms with van der Waals surface area (Å²) < 4.78 is 10.9. The highest BCUT2D eigenvalue weighted by atomic mass is 32.1. The van der Waals surface area contributed by atoms with E-state index in [-0.39, 0.29) is 0 Å². The van der Waals surface area contributed by atoms with Crippen LogP contribution in [-0.4, -0.2) is 67.5 Å². The molecule has 24 heavy (non-hydrogen) atoms. The van der Waals surface area contributed by atoms with Crippen LogP contribution in [0, 0.1) is 0 Å². The summed E-state index contributed by atoms with van der Waals surface area (Å²) in [6.45, 7) is 6.69. The van der Waals surface area contributed by atoms with Gasteiger partial charge in [-0.15, -0.1) is 0 Å². The predicted molar refractivity (Wildman–Crippen MR) is 99.4 cm³/mol. The number of ether oxygens (including phenoxy) is 2. The Labute approximate surface area is 149 Å². The standard InChI is InChI=1S/C18H27N3O2S/c1-22-16-5-2-4-15(12-16)14-20-7-9-21(10-8-20)18(24)19-13-17-6-3-11-23-17/h2,4-5,12,17H,3,6-11,13-14H2,1H3,(H,19,24). The van der Waals surface area contributed by atoms with E-state index in [4.69, 9.17) is 21.7 Å². The van der Waals surface area contributed by atoms with Gasteiger partial charge < -0.3 is 19.7 Å². The van der Waals surface area contributed by atoms with Crippen LogP contribution in [0.5, 0.6) is 5.75 Å². The minimum absolute atomic E-state index is 0.331. The van der Waals surface area contributed by atoms with Crippen LogP contribution >= 0.6 is 12.2 Å². The van der Waals surface area contributed by atoms with E-state index in [9.17, 15) is 0 Å². The van der Waals surface area contributed by atoms with Crippen molar-refractivity contribution in [2.24, 2.45) is 0 Å². The molecule has 1 unspecified atom stereocenters. The topological polar surface area (TPSA) is 37.0 Å². The molecule has 1 N–H and O–H groups in total. The van der Waals surface area contributed by atoms with E-state index in [1.807, 2.05) is 6.07 Å². The Kier molecular flexibility index (Phi) is 6.29. The number of hydrogen-bond acceptors (Lipinski definition) is 4. The van der Waals surface area contributed by atoms with Crippen LogP contribution in [0.1, 0.15) is 18.4 Å². The fourth-order valence-corrected chi connectivity index (χ4v) is 3.52. The van der Waals surface area contributed by atoms with Gasteiger partial charge in [-0.25, -0.2) is 0 Å². The van der Waals surface area contributed by atoms with Crippen LogP contribution < -0.4 is 10.1 Å². The first-order chi connectivity index (χ1) is 11.7. The second kappa shape index (κ2) is 8.65. The summed E-state index contributed by atoms with van der Waals surface area (Å²) in [4.78, 5) is 4.74. The van der Waals surface area contributed by atoms with E-state index in [1.165, 1.54) is 12.0 Å². The second-order valence-electron chi connectivity index (χ2n) is 6.44. The Morgan fingerprint density at radius 3 is 2.88 bits per heavy atom. The van der Waals surface area contributed by atoms with E-state index >= 15 is 0 Å². The van der Waals surface area contributed by atoms with E-state index < -0.39 is 0 Å². The van der Waals surface area contributed by atoms with Crippen molar-refractivity contribution in [2.45, 2.75) is 25.5 Å². The highest BCUT2D eigenvalue weighted by Crippen LogP contribution is 2.15. The average Bonchev–Trinajstić information content (AvgIpc) is 3.14. The van der Waals surface area contributed by atoms with Gasteiger partial charge in [-0.2, -0.15) is 0 Å². The molecule has 2 aliphatic heterocycles. The number of nitrogens with one attached hydrogen (secondary N) is 1. The zero-order valence-electron chi connectivity index (χ0n) is 14.4. The Hall–Kier alpha value is -1.37. The summed E-state index contributed by atoms with van der Waals surface area (Å²) in [7, 11) is 1.71. The van der Waals surface area contributed by atoms with Crippen molar-refractivity contribution in [3.63, 3.8) is 0 Å². The Morgan fingerprint density at radius 1 is 1.33 bits per heavy atom. The number of hydrogen-bond donors (Lipinski definition) is 1. The summed E-state index contributed by atoms with van der Waals surface area (Å²) >= 11 is 5.53. The minimum atomic E-state index is 0.331. The minimum Gasteiger partial charge on any atom is -0.497 e. The van der Waals surface area contributed by atoms with Crippen LogP contribution in [0.15, 0.2) is 24.3 Å². The number of rotatable bonds is 5. The lowest BCUT2D eigenvalue weighted by Crippen LogP contribution is -2.52. The van der Waals surface area contributed by atoms with Crippen molar-refractivity contribution < 1.29 is 9.47 Å². The molecule has 2 heterocycles. The van der Waals surface area contributed by atoms with Crippen molar-refractivity contribution >= 4 is 17.3 Å². The van der Waals surface area contributed by atoms with Gasteiger partial charge in [0.05, 0.1) is 13.2 Å². The van der Waals surface area contributed by atoms with Crippen LogP contribution in [0.4, 0.5) is 0 Å². The molecule has 2 aliphatic rings. The molecule has 0 bridgehead atoms. The van der Waals surface area contributed by atoms with E-state index in [1.54, 1.807) is 7.11 Å². The van der Waals surface area contributed by atoms with E-state index in [0.29, 0.717) is 6.10 Å². The van der Waals surface area contributed by atoms with Gasteiger partial charge in [-0.3, -0.25) is 4.90 Å². The molecule has 0 aromatic heterocycles. The quantitative estimate of drug-likeness (QED) is 0.818. The van der Waals surface area contributed by atoms with Gasteiger partial charge in [-0.05, 0) is 42.8 Å². The van der Waals surface area contributed by atoms with Gasteiger partial charge in [0.2, 0.25) is 0 Å². The fourth-order valence-electron chi connectivity index (χ4n) is 3.26. The molecule has 1 atom stereocenters. The van der Waals surface area contributed by atoms with Crippen molar-refractivity contribution in [1.82, 2.24) is 15.1 Å². The maximum absolute atomic E-state index is 5.63. The molecule has 5 nitrogen and oxygen atoms in total. The van der Waals surface area contributed by atoms with E-state index in [2.05, 4.69) is 33.3 Å². The predicted octanol–water partition coefficient (Wildman–Crippen LogP) is 1.87. The molecule has 132 valence electrons. The third-order valence-electron chi connectivity index (χ3n) is 4.70. The first-order valence-corrected chi connectivity index (χ1v) is 9.15. The maximum atomic E-state index is 5.63. The number of benzene rings is 1. The van der Waals surface area contributed by atoms with Crippen molar-refractivity contribution in [3.05, 3.63) is 29.8 Å². The fraction of sp³-hybridized carbons (Fsp3) is 0.611. The second-order valence-corrected chi connectivity index (χ2v) is 6.82. The monoisotopic (exact) mass is 349 g/mol. The summed E-state index contributed by atoms with van der Waals surface area (Å²) in [6.07, 6.45) is 2.64. The lowest BCUT2D eigenvalue weighted by Gasteiger charge is -2.36. The lowest BCUT2D eigenvalue weighted by atomic mass is 10.2. The van der Waals surface area contributed by atoms with Crippen LogP contribution in [0.25, 0.3) is 0 Å². The SMILES string of the molecule is COc1cccc(CN2CCN(C(=S)NCC3CCCO3)CC2)c1. The molecular formula is C18H27N3O2S. The molecule has 1 aromatic rings. The molecule has 0 spiro atoms. The van der Waals surface area contributed by atoms with Crippen molar-refractivity contribution in [1.29, 1.82) is 0 Å². The van der Waals surface area contributed by atoms with Crippen LogP contribution in [0.3, 0.4) is 0 Å². The van der Waals surface area contributed by atoms with Gasteiger partial charge in [-0.1, -0.05) is 12.1 Å². The number of methoxy groups -OCH3 is 1. The van der Waals surface area contributed by atoms with Gasteiger partial charge in [0.15, 0.2) is 5.11 Å². The number of thiocarbonyl (C=S) groups is 1. The lowest BCUT2D eigenvalue weighted by molar-refractivity contribution is 0.112. The normalized spacial score (nSPS) is 21.7. The first kappa shape index (κ1) is 17.5. The summed E-state index contributed by atoms with van der Waals surface area (Å²) in [6, 6.07) is 8.30. The number of piperazine rings is 1. The molecule has 0 aliphatic carbocycles. The molecule has 6 heteroatoms. The maximum Gasteiger partial charge on any atom is 0.169 e. The largest absolute Gasteiger partial charge is 0.497 e. The molecule has 2 fully saturated rings. The first-order valence-electron chi connectivity index (χ1n) is 8.74. The third-order valence-corrected chi connectivity index (χ3v) is 5.11. The summed E-state index contributed by atoms with van der Waals surface area (Å²) in [5.74, 6) is 0.922. The highest BCUT2D eigenvalue weighted by molar-refractivity contribution is 7.80. The van der Waals surface area contributed by atoms with Crippen LogP contribution in [0.2, 0.25) is 0 Å². The number of nitrogens with zero attached hydrogens (tertiary/aromatic N) is 2. The molecule has 0 saturated carbocycles. The Morgan fingerprint density at radius 2 is 2.17 bits per heavy atom. The average molecular weight is 350 g/mol.